The van der Waals surface area contributed by atoms with Crippen LogP contribution in [0.4, 0.5) is 11.4 Å². The molecule has 0 spiro atoms. The predicted octanol–water partition coefficient (Wildman–Crippen LogP) is 1.47. The average Bonchev–Trinajstić information content (AvgIpc) is 2.16. The van der Waals surface area contributed by atoms with Crippen molar-refractivity contribution < 1.29 is 9.72 Å². The van der Waals surface area contributed by atoms with Crippen LogP contribution in [0.25, 0.3) is 0 Å². The number of carbonyl (C=O) groups excluding carboxylic acids is 1. The second-order valence-corrected chi connectivity index (χ2v) is 3.01. The topological polar surface area (TPSA) is 63.5 Å². The van der Waals surface area contributed by atoms with E-state index in [1.807, 2.05) is 0 Å². The molecule has 74 valence electrons. The molecule has 0 saturated carbocycles. The Morgan fingerprint density at radius 2 is 2.07 bits per heavy atom. The van der Waals surface area contributed by atoms with Gasteiger partial charge in [0.25, 0.3) is 5.69 Å². The highest BCUT2D eigenvalue weighted by Gasteiger charge is 2.14. The number of aldehydes is 1. The molecule has 0 aromatic heterocycles. The molecule has 1 aromatic carbocycles. The number of benzene rings is 1. The SMILES string of the molecule is CN(C)c1ccc(C=O)c([N+](=O)[O-])c1. The summed E-state index contributed by atoms with van der Waals surface area (Å²) in [6.07, 6.45) is 0.484. The number of anilines is 1. The van der Waals surface area contributed by atoms with E-state index >= 15 is 0 Å². The summed E-state index contributed by atoms with van der Waals surface area (Å²) in [4.78, 5) is 22.3. The first kappa shape index (κ1) is 10.2. The van der Waals surface area contributed by atoms with Gasteiger partial charge in [-0.3, -0.25) is 14.9 Å². The Bertz CT molecular complexity index is 374. The second-order valence-electron chi connectivity index (χ2n) is 3.01. The summed E-state index contributed by atoms with van der Waals surface area (Å²) >= 11 is 0. The second kappa shape index (κ2) is 3.87. The molecule has 5 nitrogen and oxygen atoms in total. The lowest BCUT2D eigenvalue weighted by Crippen LogP contribution is -2.09. The van der Waals surface area contributed by atoms with Crippen molar-refractivity contribution in [2.45, 2.75) is 0 Å². The zero-order valence-corrected chi connectivity index (χ0v) is 7.93. The molecule has 0 fully saturated rings. The van der Waals surface area contributed by atoms with Crippen LogP contribution in [-0.2, 0) is 0 Å². The molecule has 0 unspecified atom stereocenters. The highest BCUT2D eigenvalue weighted by Crippen LogP contribution is 2.23. The monoisotopic (exact) mass is 194 g/mol. The molecule has 0 amide bonds. The Kier molecular flexibility index (Phi) is 2.81. The lowest BCUT2D eigenvalue weighted by atomic mass is 10.1. The molecule has 0 heterocycles. The van der Waals surface area contributed by atoms with Crippen LogP contribution in [0.15, 0.2) is 18.2 Å². The summed E-state index contributed by atoms with van der Waals surface area (Å²) in [6, 6.07) is 4.49. The van der Waals surface area contributed by atoms with Crippen LogP contribution in [-0.4, -0.2) is 25.3 Å². The predicted molar refractivity (Wildman–Crippen MR) is 52.8 cm³/mol. The van der Waals surface area contributed by atoms with Crippen molar-refractivity contribution in [2.75, 3.05) is 19.0 Å². The van der Waals surface area contributed by atoms with Gasteiger partial charge in [-0.2, -0.15) is 0 Å². The van der Waals surface area contributed by atoms with Gasteiger partial charge in [0.15, 0.2) is 6.29 Å². The molecule has 5 heteroatoms. The zero-order valence-electron chi connectivity index (χ0n) is 7.93. The summed E-state index contributed by atoms with van der Waals surface area (Å²) in [5.74, 6) is 0. The lowest BCUT2D eigenvalue weighted by Gasteiger charge is -2.11. The fraction of sp³-hybridized carbons (Fsp3) is 0.222. The molecule has 1 rings (SSSR count). The number of hydrogen-bond donors (Lipinski definition) is 0. The van der Waals surface area contributed by atoms with Crippen molar-refractivity contribution >= 4 is 17.7 Å². The van der Waals surface area contributed by atoms with Gasteiger partial charge in [-0.1, -0.05) is 0 Å². The third kappa shape index (κ3) is 1.87. The van der Waals surface area contributed by atoms with Crippen molar-refractivity contribution in [3.63, 3.8) is 0 Å². The van der Waals surface area contributed by atoms with E-state index in [9.17, 15) is 14.9 Å². The first-order chi connectivity index (χ1) is 6.56. The van der Waals surface area contributed by atoms with E-state index in [1.54, 1.807) is 25.1 Å². The van der Waals surface area contributed by atoms with Gasteiger partial charge < -0.3 is 4.90 Å². The van der Waals surface area contributed by atoms with E-state index in [1.165, 1.54) is 12.1 Å². The van der Waals surface area contributed by atoms with Crippen molar-refractivity contribution in [2.24, 2.45) is 0 Å². The third-order valence-electron chi connectivity index (χ3n) is 1.85. The Labute approximate surface area is 81.1 Å². The average molecular weight is 194 g/mol. The van der Waals surface area contributed by atoms with Crippen molar-refractivity contribution in [1.29, 1.82) is 0 Å². The van der Waals surface area contributed by atoms with Crippen LogP contribution < -0.4 is 4.90 Å². The molecule has 14 heavy (non-hydrogen) atoms. The Morgan fingerprint density at radius 3 is 2.50 bits per heavy atom. The third-order valence-corrected chi connectivity index (χ3v) is 1.85. The van der Waals surface area contributed by atoms with Gasteiger partial charge >= 0.3 is 0 Å². The van der Waals surface area contributed by atoms with Crippen LogP contribution in [0, 0.1) is 10.1 Å². The van der Waals surface area contributed by atoms with Gasteiger partial charge in [-0.15, -0.1) is 0 Å². The molecule has 0 bridgehead atoms. The van der Waals surface area contributed by atoms with Crippen LogP contribution >= 0.6 is 0 Å². The molecular formula is C9H10N2O3. The van der Waals surface area contributed by atoms with Gasteiger partial charge in [-0.05, 0) is 12.1 Å². The maximum Gasteiger partial charge on any atom is 0.281 e. The summed E-state index contributed by atoms with van der Waals surface area (Å²) in [7, 11) is 3.55. The molecule has 0 atom stereocenters. The van der Waals surface area contributed by atoms with Crippen LogP contribution in [0.3, 0.4) is 0 Å². The smallest absolute Gasteiger partial charge is 0.281 e. The maximum absolute atomic E-state index is 10.6. The fourth-order valence-electron chi connectivity index (χ4n) is 1.07. The van der Waals surface area contributed by atoms with E-state index < -0.39 is 4.92 Å². The van der Waals surface area contributed by atoms with Gasteiger partial charge in [0.2, 0.25) is 0 Å². The van der Waals surface area contributed by atoms with E-state index in [2.05, 4.69) is 0 Å². The minimum atomic E-state index is -0.559. The number of nitro groups is 1. The molecule has 1 aromatic rings. The maximum atomic E-state index is 10.6. The zero-order chi connectivity index (χ0) is 10.7. The number of hydrogen-bond acceptors (Lipinski definition) is 4. The molecule has 0 saturated heterocycles. The first-order valence-corrected chi connectivity index (χ1v) is 3.97. The summed E-state index contributed by atoms with van der Waals surface area (Å²) in [6.45, 7) is 0. The minimum Gasteiger partial charge on any atom is -0.377 e. The number of nitrogens with zero attached hydrogens (tertiary/aromatic N) is 2. The quantitative estimate of drug-likeness (QED) is 0.415. The summed E-state index contributed by atoms with van der Waals surface area (Å²) < 4.78 is 0. The summed E-state index contributed by atoms with van der Waals surface area (Å²) in [5.41, 5.74) is 0.633. The van der Waals surface area contributed by atoms with E-state index in [0.29, 0.717) is 12.0 Å². The standard InChI is InChI=1S/C9H10N2O3/c1-10(2)8-4-3-7(6-12)9(5-8)11(13)14/h3-6H,1-2H3. The summed E-state index contributed by atoms with van der Waals surface area (Å²) in [5, 5.41) is 10.6. The van der Waals surface area contributed by atoms with Crippen molar-refractivity contribution in [3.8, 4) is 0 Å². The molecule has 0 radical (unpaired) electrons. The minimum absolute atomic E-state index is 0.0978. The normalized spacial score (nSPS) is 9.57. The Balaban J connectivity index is 3.27. The van der Waals surface area contributed by atoms with Gasteiger partial charge in [0.05, 0.1) is 10.5 Å². The fourth-order valence-corrected chi connectivity index (χ4v) is 1.07. The number of rotatable bonds is 3. The number of nitro benzene ring substituents is 1. The molecule has 0 aliphatic heterocycles. The van der Waals surface area contributed by atoms with Gasteiger partial charge in [0, 0.05) is 25.8 Å². The van der Waals surface area contributed by atoms with E-state index in [-0.39, 0.29) is 11.3 Å². The van der Waals surface area contributed by atoms with Crippen LogP contribution in [0.1, 0.15) is 10.4 Å². The van der Waals surface area contributed by atoms with Gasteiger partial charge in [-0.25, -0.2) is 0 Å². The highest BCUT2D eigenvalue weighted by atomic mass is 16.6. The molecular weight excluding hydrogens is 184 g/mol. The number of carbonyl (C=O) groups is 1. The molecule has 0 aliphatic rings. The first-order valence-electron chi connectivity index (χ1n) is 3.97. The van der Waals surface area contributed by atoms with Crippen LogP contribution in [0.5, 0.6) is 0 Å². The van der Waals surface area contributed by atoms with Crippen molar-refractivity contribution in [3.05, 3.63) is 33.9 Å². The molecule has 0 aliphatic carbocycles. The van der Waals surface area contributed by atoms with E-state index in [0.717, 1.165) is 0 Å². The molecule has 0 N–H and O–H groups in total. The lowest BCUT2D eigenvalue weighted by molar-refractivity contribution is -0.385. The van der Waals surface area contributed by atoms with Crippen molar-refractivity contribution in [1.82, 2.24) is 0 Å². The van der Waals surface area contributed by atoms with Crippen LogP contribution in [0.2, 0.25) is 0 Å². The highest BCUT2D eigenvalue weighted by molar-refractivity contribution is 5.82. The Hall–Kier alpha value is -1.91. The largest absolute Gasteiger partial charge is 0.377 e. The van der Waals surface area contributed by atoms with Gasteiger partial charge in [0.1, 0.15) is 0 Å². The Morgan fingerprint density at radius 1 is 1.43 bits per heavy atom. The van der Waals surface area contributed by atoms with E-state index in [4.69, 9.17) is 0 Å².